The fourth-order valence-corrected chi connectivity index (χ4v) is 5.53. The van der Waals surface area contributed by atoms with Gasteiger partial charge in [0.25, 0.3) is 5.91 Å². The normalized spacial score (nSPS) is 18.8. The second-order valence-corrected chi connectivity index (χ2v) is 11.2. The summed E-state index contributed by atoms with van der Waals surface area (Å²) in [6, 6.07) is 10.9. The highest BCUT2D eigenvalue weighted by Gasteiger charge is 2.35. The minimum absolute atomic E-state index is 0.109. The number of amides is 1. The molecule has 1 aromatic heterocycles. The van der Waals surface area contributed by atoms with E-state index in [4.69, 9.17) is 14.8 Å². The van der Waals surface area contributed by atoms with E-state index in [9.17, 15) is 22.8 Å². The lowest BCUT2D eigenvalue weighted by atomic mass is 9.70. The number of nitrogens with one attached hydrogen (secondary N) is 1. The van der Waals surface area contributed by atoms with Crippen molar-refractivity contribution in [2.45, 2.75) is 52.4 Å². The monoisotopic (exact) mass is 562 g/mol. The SMILES string of the molecule is C[C@@H]1C[C@H](n2c(Nc3ccc(OC(F)(F)F)cc3)nc3cc(OCC(=O)N(C)CC(=O)O)ccc32)CC(C)(C)C1. The quantitative estimate of drug-likeness (QED) is 0.330. The van der Waals surface area contributed by atoms with Crippen molar-refractivity contribution < 1.29 is 37.3 Å². The smallest absolute Gasteiger partial charge is 0.484 e. The van der Waals surface area contributed by atoms with Gasteiger partial charge in [-0.15, -0.1) is 13.2 Å². The van der Waals surface area contributed by atoms with Gasteiger partial charge in [0, 0.05) is 24.8 Å². The number of carbonyl (C=O) groups is 2. The number of alkyl halides is 3. The number of anilines is 2. The number of ether oxygens (including phenoxy) is 2. The zero-order valence-corrected chi connectivity index (χ0v) is 22.8. The van der Waals surface area contributed by atoms with Crippen molar-refractivity contribution in [1.29, 1.82) is 0 Å². The third-order valence-electron chi connectivity index (χ3n) is 6.89. The standard InChI is InChI=1S/C28H33F3N4O5/c1-17-11-19(14-27(2,3)13-17)35-23-10-9-21(39-16-24(36)34(4)15-25(37)38)12-22(23)33-26(35)32-18-5-7-20(8-6-18)40-28(29,30)31/h5-10,12,17,19H,11,13-16H2,1-4H3,(H,32,33)(H,37,38)/t17-,19+/m1/s1. The van der Waals surface area contributed by atoms with Crippen LogP contribution in [0.5, 0.6) is 11.5 Å². The summed E-state index contributed by atoms with van der Waals surface area (Å²) in [5.74, 6) is -0.512. The Morgan fingerprint density at radius 3 is 2.45 bits per heavy atom. The van der Waals surface area contributed by atoms with Crippen LogP contribution in [0.1, 0.15) is 46.1 Å². The average molecular weight is 563 g/mol. The number of hydrogen-bond donors (Lipinski definition) is 2. The van der Waals surface area contributed by atoms with Crippen molar-refractivity contribution in [3.63, 3.8) is 0 Å². The molecule has 0 spiro atoms. The number of rotatable bonds is 9. The predicted molar refractivity (Wildman–Crippen MR) is 143 cm³/mol. The van der Waals surface area contributed by atoms with Gasteiger partial charge >= 0.3 is 12.3 Å². The van der Waals surface area contributed by atoms with Crippen LogP contribution in [-0.2, 0) is 9.59 Å². The largest absolute Gasteiger partial charge is 0.573 e. The first-order valence-corrected chi connectivity index (χ1v) is 12.9. The van der Waals surface area contributed by atoms with E-state index < -0.39 is 24.8 Å². The highest BCUT2D eigenvalue weighted by atomic mass is 19.4. The third-order valence-corrected chi connectivity index (χ3v) is 6.89. The molecule has 216 valence electrons. The number of carbonyl (C=O) groups excluding carboxylic acids is 1. The van der Waals surface area contributed by atoms with Gasteiger partial charge in [-0.2, -0.15) is 0 Å². The lowest BCUT2D eigenvalue weighted by Gasteiger charge is -2.40. The summed E-state index contributed by atoms with van der Waals surface area (Å²) in [6.07, 6.45) is -1.82. The molecule has 1 aliphatic carbocycles. The fraction of sp³-hybridized carbons (Fsp3) is 0.464. The molecule has 12 heteroatoms. The Hall–Kier alpha value is -3.96. The maximum Gasteiger partial charge on any atom is 0.573 e. The summed E-state index contributed by atoms with van der Waals surface area (Å²) in [4.78, 5) is 28.9. The Kier molecular flexibility index (Phi) is 8.18. The first-order valence-electron chi connectivity index (χ1n) is 12.9. The lowest BCUT2D eigenvalue weighted by molar-refractivity contribution is -0.274. The minimum atomic E-state index is -4.77. The molecule has 0 unspecified atom stereocenters. The first-order chi connectivity index (χ1) is 18.7. The number of aromatic nitrogens is 2. The molecule has 1 fully saturated rings. The van der Waals surface area contributed by atoms with Crippen LogP contribution in [0.2, 0.25) is 0 Å². The van der Waals surface area contributed by atoms with Gasteiger partial charge in [0.05, 0.1) is 11.0 Å². The molecule has 2 atom stereocenters. The van der Waals surface area contributed by atoms with Gasteiger partial charge in [-0.25, -0.2) is 4.98 Å². The fourth-order valence-electron chi connectivity index (χ4n) is 5.53. The van der Waals surface area contributed by atoms with Crippen LogP contribution in [-0.4, -0.2) is 58.0 Å². The molecule has 1 heterocycles. The van der Waals surface area contributed by atoms with Crippen molar-refractivity contribution in [2.24, 2.45) is 11.3 Å². The molecule has 1 aliphatic rings. The molecular weight excluding hydrogens is 529 g/mol. The van der Waals surface area contributed by atoms with E-state index in [0.29, 0.717) is 28.8 Å². The summed E-state index contributed by atoms with van der Waals surface area (Å²) in [6.45, 7) is 5.95. The number of nitrogens with zero attached hydrogens (tertiary/aromatic N) is 3. The van der Waals surface area contributed by atoms with Crippen LogP contribution in [0.3, 0.4) is 0 Å². The number of likely N-dealkylation sites (N-methyl/N-ethyl adjacent to an activating group) is 1. The molecule has 1 saturated carbocycles. The molecule has 2 N–H and O–H groups in total. The minimum Gasteiger partial charge on any atom is -0.484 e. The number of halogens is 3. The third kappa shape index (κ3) is 7.36. The Balaban J connectivity index is 1.63. The number of imidazole rings is 1. The van der Waals surface area contributed by atoms with E-state index in [-0.39, 0.29) is 23.8 Å². The van der Waals surface area contributed by atoms with E-state index in [1.54, 1.807) is 12.1 Å². The van der Waals surface area contributed by atoms with Crippen molar-refractivity contribution in [1.82, 2.24) is 14.5 Å². The summed E-state index contributed by atoms with van der Waals surface area (Å²) >= 11 is 0. The molecule has 0 saturated heterocycles. The summed E-state index contributed by atoms with van der Waals surface area (Å²) in [7, 11) is 1.39. The van der Waals surface area contributed by atoms with Crippen LogP contribution in [0, 0.1) is 11.3 Å². The van der Waals surface area contributed by atoms with Gasteiger partial charge in [0.2, 0.25) is 5.95 Å². The molecule has 0 aliphatic heterocycles. The molecule has 9 nitrogen and oxygen atoms in total. The Bertz CT molecular complexity index is 1370. The van der Waals surface area contributed by atoms with Crippen LogP contribution in [0.15, 0.2) is 42.5 Å². The maximum absolute atomic E-state index is 12.6. The van der Waals surface area contributed by atoms with Crippen molar-refractivity contribution >= 4 is 34.5 Å². The lowest BCUT2D eigenvalue weighted by Crippen LogP contribution is -2.35. The molecule has 0 bridgehead atoms. The Morgan fingerprint density at radius 1 is 1.15 bits per heavy atom. The van der Waals surface area contributed by atoms with Gasteiger partial charge < -0.3 is 29.4 Å². The average Bonchev–Trinajstić information content (AvgIpc) is 3.18. The van der Waals surface area contributed by atoms with Crippen LogP contribution >= 0.6 is 0 Å². The first kappa shape index (κ1) is 29.0. The number of carboxylic acids is 1. The summed E-state index contributed by atoms with van der Waals surface area (Å²) in [5, 5.41) is 12.1. The highest BCUT2D eigenvalue weighted by Crippen LogP contribution is 2.46. The van der Waals surface area contributed by atoms with Gasteiger partial charge in [0.15, 0.2) is 6.61 Å². The number of carboxylic acid groups (broad SMARTS) is 1. The van der Waals surface area contributed by atoms with Gasteiger partial charge in [-0.05, 0) is 67.0 Å². The predicted octanol–water partition coefficient (Wildman–Crippen LogP) is 5.99. The number of fused-ring (bicyclic) bond motifs is 1. The summed E-state index contributed by atoms with van der Waals surface area (Å²) in [5.41, 5.74) is 2.10. The van der Waals surface area contributed by atoms with E-state index in [2.05, 4.69) is 35.4 Å². The van der Waals surface area contributed by atoms with Crippen molar-refractivity contribution in [3.05, 3.63) is 42.5 Å². The van der Waals surface area contributed by atoms with E-state index in [0.717, 1.165) is 29.7 Å². The topological polar surface area (TPSA) is 106 Å². The molecule has 4 rings (SSSR count). The Morgan fingerprint density at radius 2 is 1.82 bits per heavy atom. The molecule has 40 heavy (non-hydrogen) atoms. The zero-order valence-electron chi connectivity index (χ0n) is 22.8. The highest BCUT2D eigenvalue weighted by molar-refractivity contribution is 5.83. The zero-order chi connectivity index (χ0) is 29.2. The number of benzene rings is 2. The molecule has 3 aromatic rings. The van der Waals surface area contributed by atoms with Crippen LogP contribution < -0.4 is 14.8 Å². The van der Waals surface area contributed by atoms with Crippen molar-refractivity contribution in [3.8, 4) is 11.5 Å². The number of aliphatic carboxylic acids is 1. The number of hydrogen-bond acceptors (Lipinski definition) is 6. The molecule has 1 amide bonds. The van der Waals surface area contributed by atoms with Crippen LogP contribution in [0.25, 0.3) is 11.0 Å². The second kappa shape index (κ2) is 11.3. The molecule has 0 radical (unpaired) electrons. The Labute approximate surface area is 229 Å². The van der Waals surface area contributed by atoms with E-state index >= 15 is 0 Å². The van der Waals surface area contributed by atoms with Crippen molar-refractivity contribution in [2.75, 3.05) is 25.5 Å². The van der Waals surface area contributed by atoms with Gasteiger partial charge in [-0.1, -0.05) is 20.8 Å². The summed E-state index contributed by atoms with van der Waals surface area (Å²) < 4.78 is 49.5. The second-order valence-electron chi connectivity index (χ2n) is 11.2. The van der Waals surface area contributed by atoms with E-state index in [1.807, 2.05) is 6.07 Å². The molecule has 2 aromatic carbocycles. The van der Waals surface area contributed by atoms with E-state index in [1.165, 1.54) is 31.3 Å². The maximum atomic E-state index is 12.6. The van der Waals surface area contributed by atoms with Gasteiger partial charge in [-0.3, -0.25) is 9.59 Å². The van der Waals surface area contributed by atoms with Gasteiger partial charge in [0.1, 0.15) is 18.0 Å². The molecular formula is C28H33F3N4O5. The van der Waals surface area contributed by atoms with Crippen LogP contribution in [0.4, 0.5) is 24.8 Å².